The van der Waals surface area contributed by atoms with Crippen LogP contribution < -0.4 is 5.32 Å². The van der Waals surface area contributed by atoms with Gasteiger partial charge in [-0.05, 0) is 54.4 Å². The number of aromatic nitrogens is 4. The number of benzene rings is 1. The van der Waals surface area contributed by atoms with Crippen molar-refractivity contribution >= 4 is 39.4 Å². The highest BCUT2D eigenvalue weighted by molar-refractivity contribution is 6.31. The number of hydrogen-bond donors (Lipinski definition) is 2. The fourth-order valence-corrected chi connectivity index (χ4v) is 4.03. The first-order chi connectivity index (χ1) is 16.4. The molecule has 0 saturated heterocycles. The molecule has 0 aliphatic rings. The Balaban J connectivity index is 1.33. The van der Waals surface area contributed by atoms with Gasteiger partial charge in [0.1, 0.15) is 17.0 Å². The Kier molecular flexibility index (Phi) is 5.67. The van der Waals surface area contributed by atoms with Crippen molar-refractivity contribution in [3.05, 3.63) is 99.7 Å². The third kappa shape index (κ3) is 4.32. The number of pyridine rings is 3. The van der Waals surface area contributed by atoms with Gasteiger partial charge in [0.05, 0.1) is 5.02 Å². The van der Waals surface area contributed by atoms with E-state index in [9.17, 15) is 13.6 Å². The number of hydrogen-bond acceptors (Lipinski definition) is 4. The fraction of sp³-hybridized carbons (Fsp3) is 0.120. The lowest BCUT2D eigenvalue weighted by molar-refractivity contribution is 0.0950. The van der Waals surface area contributed by atoms with Crippen molar-refractivity contribution in [2.45, 2.75) is 19.9 Å². The average molecular weight is 478 g/mol. The molecule has 1 aromatic carbocycles. The monoisotopic (exact) mass is 477 g/mol. The maximum atomic E-state index is 14.5. The summed E-state index contributed by atoms with van der Waals surface area (Å²) >= 11 is 5.98. The molecule has 0 saturated carbocycles. The van der Waals surface area contributed by atoms with Gasteiger partial charge in [-0.3, -0.25) is 14.8 Å². The molecule has 0 unspecified atom stereocenters. The largest absolute Gasteiger partial charge is 0.348 e. The molecule has 170 valence electrons. The first-order valence-electron chi connectivity index (χ1n) is 10.5. The summed E-state index contributed by atoms with van der Waals surface area (Å²) in [4.78, 5) is 27.9. The lowest BCUT2D eigenvalue weighted by atomic mass is 10.0. The Labute approximate surface area is 198 Å². The lowest BCUT2D eigenvalue weighted by Crippen LogP contribution is -2.23. The van der Waals surface area contributed by atoms with Gasteiger partial charge in [0.25, 0.3) is 5.91 Å². The predicted octanol–water partition coefficient (Wildman–Crippen LogP) is 5.27. The van der Waals surface area contributed by atoms with Gasteiger partial charge in [0.2, 0.25) is 5.95 Å². The molecule has 4 aromatic heterocycles. The minimum Gasteiger partial charge on any atom is -0.348 e. The van der Waals surface area contributed by atoms with Crippen LogP contribution >= 0.6 is 11.6 Å². The Bertz CT molecular complexity index is 1570. The van der Waals surface area contributed by atoms with Gasteiger partial charge in [-0.25, -0.2) is 9.37 Å². The van der Waals surface area contributed by atoms with E-state index in [2.05, 4.69) is 25.3 Å². The molecule has 2 N–H and O–H groups in total. The SMILES string of the molecule is Cc1c[nH]c2nc(F)c(CNC(=O)c3ccnc(Cc4cc(F)c5ncc(Cl)cc5c4)c3)cc12. The van der Waals surface area contributed by atoms with E-state index in [0.717, 1.165) is 10.9 Å². The highest BCUT2D eigenvalue weighted by Gasteiger charge is 2.13. The van der Waals surface area contributed by atoms with E-state index in [1.807, 2.05) is 6.92 Å². The van der Waals surface area contributed by atoms with E-state index in [1.54, 1.807) is 36.5 Å². The number of rotatable bonds is 5. The zero-order valence-electron chi connectivity index (χ0n) is 18.0. The molecule has 5 rings (SSSR count). The van der Waals surface area contributed by atoms with Gasteiger partial charge < -0.3 is 10.3 Å². The second kappa shape index (κ2) is 8.79. The summed E-state index contributed by atoms with van der Waals surface area (Å²) in [6.45, 7) is 1.88. The van der Waals surface area contributed by atoms with Crippen molar-refractivity contribution in [2.75, 3.05) is 0 Å². The van der Waals surface area contributed by atoms with Gasteiger partial charge in [0.15, 0.2) is 0 Å². The van der Waals surface area contributed by atoms with Crippen LogP contribution in [0.25, 0.3) is 21.9 Å². The summed E-state index contributed by atoms with van der Waals surface area (Å²) in [5.41, 5.74) is 3.55. The van der Waals surface area contributed by atoms with Crippen molar-refractivity contribution in [2.24, 2.45) is 0 Å². The Morgan fingerprint density at radius 3 is 2.85 bits per heavy atom. The molecular formula is C25H18ClF2N5O. The van der Waals surface area contributed by atoms with Crippen molar-refractivity contribution in [3.63, 3.8) is 0 Å². The number of aryl methyl sites for hydroxylation is 1. The molecule has 0 atom stereocenters. The average Bonchev–Trinajstić information content (AvgIpc) is 3.16. The Morgan fingerprint density at radius 2 is 2.00 bits per heavy atom. The maximum absolute atomic E-state index is 14.5. The molecule has 5 aromatic rings. The number of halogens is 3. The number of nitrogens with one attached hydrogen (secondary N) is 2. The van der Waals surface area contributed by atoms with Crippen molar-refractivity contribution in [3.8, 4) is 0 Å². The molecule has 0 fully saturated rings. The molecular weight excluding hydrogens is 460 g/mol. The molecule has 0 aliphatic heterocycles. The van der Waals surface area contributed by atoms with Crippen LogP contribution in [0.5, 0.6) is 0 Å². The van der Waals surface area contributed by atoms with Gasteiger partial charge in [0, 0.05) is 59.1 Å². The fourth-order valence-electron chi connectivity index (χ4n) is 3.86. The predicted molar refractivity (Wildman–Crippen MR) is 126 cm³/mol. The van der Waals surface area contributed by atoms with Crippen LogP contribution in [-0.2, 0) is 13.0 Å². The molecule has 0 bridgehead atoms. The van der Waals surface area contributed by atoms with E-state index < -0.39 is 11.8 Å². The van der Waals surface area contributed by atoms with E-state index in [1.165, 1.54) is 18.5 Å². The number of nitrogens with zero attached hydrogens (tertiary/aromatic N) is 3. The van der Waals surface area contributed by atoms with E-state index in [0.29, 0.717) is 39.3 Å². The smallest absolute Gasteiger partial charge is 0.251 e. The van der Waals surface area contributed by atoms with Crippen LogP contribution in [0.15, 0.2) is 55.0 Å². The van der Waals surface area contributed by atoms with Gasteiger partial charge >= 0.3 is 0 Å². The third-order valence-electron chi connectivity index (χ3n) is 5.57. The van der Waals surface area contributed by atoms with E-state index >= 15 is 0 Å². The molecule has 0 aliphatic carbocycles. The molecule has 34 heavy (non-hydrogen) atoms. The van der Waals surface area contributed by atoms with Crippen LogP contribution in [0.2, 0.25) is 5.02 Å². The minimum absolute atomic E-state index is 0.0144. The molecule has 6 nitrogen and oxygen atoms in total. The summed E-state index contributed by atoms with van der Waals surface area (Å²) in [7, 11) is 0. The molecule has 4 heterocycles. The maximum Gasteiger partial charge on any atom is 0.251 e. The molecule has 0 radical (unpaired) electrons. The first kappa shape index (κ1) is 21.9. The van der Waals surface area contributed by atoms with Crippen LogP contribution in [0.1, 0.15) is 32.7 Å². The van der Waals surface area contributed by atoms with Gasteiger partial charge in [-0.15, -0.1) is 0 Å². The van der Waals surface area contributed by atoms with Crippen LogP contribution in [0.4, 0.5) is 8.78 Å². The summed E-state index contributed by atoms with van der Waals surface area (Å²) in [6, 6.07) is 9.71. The molecule has 0 spiro atoms. The number of amides is 1. The summed E-state index contributed by atoms with van der Waals surface area (Å²) in [5, 5.41) is 4.52. The van der Waals surface area contributed by atoms with Gasteiger partial charge in [-0.1, -0.05) is 11.6 Å². The number of H-pyrrole nitrogens is 1. The second-order valence-corrected chi connectivity index (χ2v) is 8.44. The zero-order chi connectivity index (χ0) is 23.8. The molecule has 1 amide bonds. The highest BCUT2D eigenvalue weighted by Crippen LogP contribution is 2.23. The highest BCUT2D eigenvalue weighted by atomic mass is 35.5. The quantitative estimate of drug-likeness (QED) is 0.338. The third-order valence-corrected chi connectivity index (χ3v) is 5.77. The van der Waals surface area contributed by atoms with E-state index in [4.69, 9.17) is 11.6 Å². The van der Waals surface area contributed by atoms with Crippen molar-refractivity contribution in [1.82, 2.24) is 25.3 Å². The van der Waals surface area contributed by atoms with Crippen LogP contribution in [0, 0.1) is 18.7 Å². The summed E-state index contributed by atoms with van der Waals surface area (Å²) < 4.78 is 28.8. The van der Waals surface area contributed by atoms with Crippen LogP contribution in [-0.4, -0.2) is 25.8 Å². The summed E-state index contributed by atoms with van der Waals surface area (Å²) in [5.74, 6) is -1.48. The van der Waals surface area contributed by atoms with Gasteiger partial charge in [-0.2, -0.15) is 4.39 Å². The normalized spacial score (nSPS) is 11.3. The lowest BCUT2D eigenvalue weighted by Gasteiger charge is -2.09. The topological polar surface area (TPSA) is 83.6 Å². The Hall–Kier alpha value is -3.91. The first-order valence-corrected chi connectivity index (χ1v) is 10.8. The Morgan fingerprint density at radius 1 is 1.15 bits per heavy atom. The number of carbonyl (C=O) groups is 1. The van der Waals surface area contributed by atoms with Crippen molar-refractivity contribution < 1.29 is 13.6 Å². The summed E-state index contributed by atoms with van der Waals surface area (Å²) in [6.07, 6.45) is 4.97. The number of carbonyl (C=O) groups excluding carboxylic acids is 1. The van der Waals surface area contributed by atoms with Crippen LogP contribution in [0.3, 0.4) is 0 Å². The minimum atomic E-state index is -0.641. The molecule has 9 heteroatoms. The number of fused-ring (bicyclic) bond motifs is 2. The standard InChI is InChI=1S/C25H18ClF2N5O/c1-13-10-31-24-20(13)9-17(23(28)33-24)11-32-25(34)15-2-3-29-19(8-15)5-14-4-16-7-18(26)12-30-22(16)21(27)6-14/h2-4,6-10,12H,5,11H2,1H3,(H,31,33)(H,32,34). The van der Waals surface area contributed by atoms with E-state index in [-0.39, 0.29) is 23.5 Å². The second-order valence-electron chi connectivity index (χ2n) is 8.00. The van der Waals surface area contributed by atoms with Crippen molar-refractivity contribution in [1.29, 1.82) is 0 Å². The zero-order valence-corrected chi connectivity index (χ0v) is 18.8. The number of aromatic amines is 1.